The third-order valence-corrected chi connectivity index (χ3v) is 6.38. The maximum absolute atomic E-state index is 12.9. The third kappa shape index (κ3) is 4.71. The van der Waals surface area contributed by atoms with E-state index < -0.39 is 0 Å². The summed E-state index contributed by atoms with van der Waals surface area (Å²) >= 11 is 1.49. The van der Waals surface area contributed by atoms with Gasteiger partial charge in [0, 0.05) is 17.1 Å². The van der Waals surface area contributed by atoms with E-state index in [1.54, 1.807) is 25.4 Å². The van der Waals surface area contributed by atoms with Gasteiger partial charge in [0.25, 0.3) is 5.91 Å². The second-order valence-electron chi connectivity index (χ2n) is 7.96. The van der Waals surface area contributed by atoms with Gasteiger partial charge >= 0.3 is 0 Å². The summed E-state index contributed by atoms with van der Waals surface area (Å²) in [6.45, 7) is 1.63. The number of benzene rings is 2. The summed E-state index contributed by atoms with van der Waals surface area (Å²) in [4.78, 5) is 36.1. The Morgan fingerprint density at radius 1 is 1.17 bits per heavy atom. The summed E-state index contributed by atoms with van der Waals surface area (Å²) in [5.41, 5.74) is 4.42. The fraction of sp³-hybridized carbons (Fsp3) is 0.154. The average molecular weight is 487 g/mol. The largest absolute Gasteiger partial charge is 0.495 e. The van der Waals surface area contributed by atoms with Gasteiger partial charge in [0.2, 0.25) is 5.91 Å². The lowest BCUT2D eigenvalue weighted by molar-refractivity contribution is -0.123. The van der Waals surface area contributed by atoms with Crippen molar-refractivity contribution in [2.24, 2.45) is 0 Å². The Kier molecular flexibility index (Phi) is 6.15. The van der Waals surface area contributed by atoms with Crippen LogP contribution in [0, 0.1) is 6.92 Å². The van der Waals surface area contributed by atoms with E-state index in [1.165, 1.54) is 16.2 Å². The summed E-state index contributed by atoms with van der Waals surface area (Å²) in [5, 5.41) is 5.60. The monoisotopic (exact) mass is 486 g/mol. The zero-order valence-electron chi connectivity index (χ0n) is 19.1. The second-order valence-corrected chi connectivity index (χ2v) is 8.81. The molecule has 35 heavy (non-hydrogen) atoms. The summed E-state index contributed by atoms with van der Waals surface area (Å²) in [6.07, 6.45) is 1.73. The van der Waals surface area contributed by atoms with Gasteiger partial charge in [0.15, 0.2) is 6.61 Å². The van der Waals surface area contributed by atoms with Crippen LogP contribution in [0.25, 0.3) is 22.0 Å². The topological polar surface area (TPSA) is 93.7 Å². The molecule has 0 aliphatic carbocycles. The van der Waals surface area contributed by atoms with Crippen LogP contribution < -0.4 is 19.7 Å². The van der Waals surface area contributed by atoms with Crippen LogP contribution in [0.1, 0.15) is 5.56 Å². The second kappa shape index (κ2) is 9.55. The number of rotatable bonds is 6. The summed E-state index contributed by atoms with van der Waals surface area (Å²) < 4.78 is 11.0. The van der Waals surface area contributed by atoms with E-state index in [4.69, 9.17) is 14.5 Å². The first kappa shape index (κ1) is 22.5. The number of aryl methyl sites for hydroxylation is 1. The molecule has 0 unspecified atom stereocenters. The molecule has 9 heteroatoms. The Morgan fingerprint density at radius 2 is 2.06 bits per heavy atom. The molecule has 4 aromatic rings. The minimum Gasteiger partial charge on any atom is -0.495 e. The highest BCUT2D eigenvalue weighted by molar-refractivity contribution is 7.13. The Balaban J connectivity index is 1.40. The summed E-state index contributed by atoms with van der Waals surface area (Å²) in [5.74, 6) is 0.446. The molecule has 3 heterocycles. The number of anilines is 2. The Morgan fingerprint density at radius 3 is 2.86 bits per heavy atom. The molecule has 176 valence electrons. The fourth-order valence-corrected chi connectivity index (χ4v) is 4.61. The fourth-order valence-electron chi connectivity index (χ4n) is 3.80. The zero-order valence-corrected chi connectivity index (χ0v) is 20.0. The maximum Gasteiger partial charge on any atom is 0.265 e. The Bertz CT molecular complexity index is 1400. The first-order chi connectivity index (χ1) is 17.0. The van der Waals surface area contributed by atoms with Crippen molar-refractivity contribution >= 4 is 34.5 Å². The molecule has 2 amide bonds. The van der Waals surface area contributed by atoms with Crippen LogP contribution in [0.4, 0.5) is 11.4 Å². The van der Waals surface area contributed by atoms with Crippen molar-refractivity contribution in [1.82, 2.24) is 9.97 Å². The van der Waals surface area contributed by atoms with Crippen molar-refractivity contribution in [1.29, 1.82) is 0 Å². The smallest absolute Gasteiger partial charge is 0.265 e. The Labute approximate surface area is 206 Å². The number of carbonyl (C=O) groups is 2. The molecular weight excluding hydrogens is 464 g/mol. The van der Waals surface area contributed by atoms with Crippen LogP contribution in [0.2, 0.25) is 0 Å². The molecule has 8 nitrogen and oxygen atoms in total. The molecule has 0 bridgehead atoms. The Hall–Kier alpha value is -4.24. The quantitative estimate of drug-likeness (QED) is 0.430. The number of aromatic nitrogens is 2. The van der Waals surface area contributed by atoms with Crippen LogP contribution >= 0.6 is 11.3 Å². The molecule has 2 aromatic heterocycles. The van der Waals surface area contributed by atoms with Gasteiger partial charge in [-0.25, -0.2) is 4.98 Å². The van der Waals surface area contributed by atoms with Crippen molar-refractivity contribution in [3.63, 3.8) is 0 Å². The van der Waals surface area contributed by atoms with E-state index >= 15 is 0 Å². The van der Waals surface area contributed by atoms with Crippen LogP contribution in [0.3, 0.4) is 0 Å². The minimum atomic E-state index is -0.341. The molecule has 1 aliphatic rings. The standard InChI is InChI=1S/C26H22N4O4S/c1-16-6-8-22(33-2)19(11-16)28-24(31)13-30-21-12-17(7-9-23(21)34-14-25(30)32)20-15-35-26(29-20)18-5-3-4-10-27-18/h3-12,15H,13-14H2,1-2H3,(H,28,31). The van der Waals surface area contributed by atoms with Gasteiger partial charge < -0.3 is 14.8 Å². The molecule has 0 saturated heterocycles. The predicted octanol–water partition coefficient (Wildman–Crippen LogP) is 4.55. The number of nitrogens with one attached hydrogen (secondary N) is 1. The minimum absolute atomic E-state index is 0.131. The van der Waals surface area contributed by atoms with Crippen molar-refractivity contribution < 1.29 is 19.1 Å². The van der Waals surface area contributed by atoms with E-state index in [9.17, 15) is 9.59 Å². The highest BCUT2D eigenvalue weighted by Crippen LogP contribution is 2.37. The molecule has 1 N–H and O–H groups in total. The van der Waals surface area contributed by atoms with E-state index in [1.807, 2.05) is 54.8 Å². The van der Waals surface area contributed by atoms with E-state index in [-0.39, 0.29) is 25.0 Å². The van der Waals surface area contributed by atoms with E-state index in [0.29, 0.717) is 22.9 Å². The normalized spacial score (nSPS) is 12.6. The number of fused-ring (bicyclic) bond motifs is 1. The van der Waals surface area contributed by atoms with Crippen LogP contribution in [-0.4, -0.2) is 42.0 Å². The van der Waals surface area contributed by atoms with Gasteiger partial charge in [-0.05, 0) is 55.0 Å². The molecule has 5 rings (SSSR count). The van der Waals surface area contributed by atoms with Gasteiger partial charge in [-0.1, -0.05) is 12.1 Å². The lowest BCUT2D eigenvalue weighted by atomic mass is 10.1. The van der Waals surface area contributed by atoms with Crippen LogP contribution in [0.15, 0.2) is 66.2 Å². The molecule has 0 saturated carbocycles. The number of nitrogens with zero attached hydrogens (tertiary/aromatic N) is 3. The molecule has 0 spiro atoms. The molecule has 2 aromatic carbocycles. The van der Waals surface area contributed by atoms with Crippen molar-refractivity contribution in [3.05, 3.63) is 71.7 Å². The zero-order chi connectivity index (χ0) is 24.4. The highest BCUT2D eigenvalue weighted by Gasteiger charge is 2.28. The van der Waals surface area contributed by atoms with E-state index in [0.717, 1.165) is 27.5 Å². The highest BCUT2D eigenvalue weighted by atomic mass is 32.1. The van der Waals surface area contributed by atoms with Gasteiger partial charge in [0.05, 0.1) is 29.9 Å². The lowest BCUT2D eigenvalue weighted by Crippen LogP contribution is -2.43. The first-order valence-corrected chi connectivity index (χ1v) is 11.8. The molecule has 0 atom stereocenters. The van der Waals surface area contributed by atoms with E-state index in [2.05, 4.69) is 10.3 Å². The number of carbonyl (C=O) groups excluding carboxylic acids is 2. The number of hydrogen-bond acceptors (Lipinski definition) is 7. The number of pyridine rings is 1. The first-order valence-electron chi connectivity index (χ1n) is 10.9. The van der Waals surface area contributed by atoms with Crippen molar-refractivity contribution in [2.75, 3.05) is 30.5 Å². The van der Waals surface area contributed by atoms with Gasteiger partial charge in [-0.2, -0.15) is 0 Å². The number of methoxy groups -OCH3 is 1. The van der Waals surface area contributed by atoms with Crippen LogP contribution in [0.5, 0.6) is 11.5 Å². The third-order valence-electron chi connectivity index (χ3n) is 5.52. The lowest BCUT2D eigenvalue weighted by Gasteiger charge is -2.29. The van der Waals surface area contributed by atoms with Gasteiger partial charge in [-0.3, -0.25) is 19.5 Å². The maximum atomic E-state index is 12.9. The van der Waals surface area contributed by atoms with Crippen LogP contribution in [-0.2, 0) is 9.59 Å². The molecule has 1 aliphatic heterocycles. The number of thiazole rings is 1. The summed E-state index contributed by atoms with van der Waals surface area (Å²) in [7, 11) is 1.54. The van der Waals surface area contributed by atoms with Crippen molar-refractivity contribution in [3.8, 4) is 33.5 Å². The van der Waals surface area contributed by atoms with Gasteiger partial charge in [-0.15, -0.1) is 11.3 Å². The molecular formula is C26H22N4O4S. The predicted molar refractivity (Wildman–Crippen MR) is 135 cm³/mol. The van der Waals surface area contributed by atoms with Crippen molar-refractivity contribution in [2.45, 2.75) is 6.92 Å². The number of ether oxygens (including phenoxy) is 2. The average Bonchev–Trinajstić information content (AvgIpc) is 3.37. The number of amides is 2. The molecule has 0 fully saturated rings. The SMILES string of the molecule is COc1ccc(C)cc1NC(=O)CN1C(=O)COc2ccc(-c3csc(-c4ccccn4)n3)cc21. The van der Waals surface area contributed by atoms with Gasteiger partial charge in [0.1, 0.15) is 23.1 Å². The number of hydrogen-bond donors (Lipinski definition) is 1. The summed E-state index contributed by atoms with van der Waals surface area (Å²) in [6, 6.07) is 16.7. The molecule has 0 radical (unpaired) electrons.